The monoisotopic (exact) mass is 395 g/mol. The number of aromatic nitrogens is 3. The van der Waals surface area contributed by atoms with Gasteiger partial charge >= 0.3 is 0 Å². The Balaban J connectivity index is 1.73. The molecule has 30 heavy (non-hydrogen) atoms. The summed E-state index contributed by atoms with van der Waals surface area (Å²) in [6, 6.07) is 19.4. The number of nitrogens with one attached hydrogen (secondary N) is 2. The number of hydrogen-bond acceptors (Lipinski definition) is 4. The molecule has 0 amide bonds. The van der Waals surface area contributed by atoms with Gasteiger partial charge in [-0.2, -0.15) is 0 Å². The van der Waals surface area contributed by atoms with Gasteiger partial charge in [-0.25, -0.2) is 0 Å². The maximum atomic E-state index is 12.6. The molecule has 0 radical (unpaired) electrons. The van der Waals surface area contributed by atoms with Gasteiger partial charge < -0.3 is 9.97 Å². The minimum atomic E-state index is -0.440. The smallest absolute Gasteiger partial charge is 0.272 e. The highest BCUT2D eigenvalue weighted by molar-refractivity contribution is 6.09. The summed E-state index contributed by atoms with van der Waals surface area (Å²) in [5.74, 6) is -0.116. The van der Waals surface area contributed by atoms with Gasteiger partial charge in [-0.3, -0.25) is 19.4 Å². The van der Waals surface area contributed by atoms with Crippen LogP contribution in [0.2, 0.25) is 0 Å². The highest BCUT2D eigenvalue weighted by Gasteiger charge is 2.08. The number of ketones is 1. The van der Waals surface area contributed by atoms with Crippen LogP contribution in [0, 0.1) is 0 Å². The summed E-state index contributed by atoms with van der Waals surface area (Å²) in [5.41, 5.74) is 1.53. The van der Waals surface area contributed by atoms with Crippen LogP contribution in [-0.2, 0) is 0 Å². The van der Waals surface area contributed by atoms with E-state index in [4.69, 9.17) is 0 Å². The van der Waals surface area contributed by atoms with Crippen LogP contribution in [-0.4, -0.2) is 20.7 Å². The van der Waals surface area contributed by atoms with Crippen molar-refractivity contribution in [2.45, 2.75) is 0 Å². The Morgan fingerprint density at radius 1 is 0.733 bits per heavy atom. The van der Waals surface area contributed by atoms with E-state index in [1.807, 2.05) is 6.07 Å². The van der Waals surface area contributed by atoms with Crippen LogP contribution in [0.1, 0.15) is 27.0 Å². The minimum Gasteiger partial charge on any atom is -0.316 e. The van der Waals surface area contributed by atoms with Gasteiger partial charge in [-0.1, -0.05) is 54.6 Å². The van der Waals surface area contributed by atoms with Crippen LogP contribution in [0.4, 0.5) is 0 Å². The fourth-order valence-electron chi connectivity index (χ4n) is 3.02. The van der Waals surface area contributed by atoms with Crippen molar-refractivity contribution in [1.29, 1.82) is 0 Å². The average Bonchev–Trinajstić information content (AvgIpc) is 2.78. The molecule has 0 fully saturated rings. The van der Waals surface area contributed by atoms with Gasteiger partial charge in [-0.05, 0) is 35.4 Å². The molecule has 0 atom stereocenters. The van der Waals surface area contributed by atoms with E-state index in [1.165, 1.54) is 6.08 Å². The Hall–Kier alpha value is -4.32. The number of H-pyrrole nitrogens is 2. The summed E-state index contributed by atoms with van der Waals surface area (Å²) < 4.78 is 0. The fraction of sp³-hybridized carbons (Fsp3) is 0. The molecule has 0 spiro atoms. The van der Waals surface area contributed by atoms with E-state index in [9.17, 15) is 14.4 Å². The molecule has 0 aliphatic rings. The van der Waals surface area contributed by atoms with Crippen molar-refractivity contribution < 1.29 is 4.79 Å². The zero-order valence-electron chi connectivity index (χ0n) is 15.8. The predicted octanol–water partition coefficient (Wildman–Crippen LogP) is 1.35. The third-order valence-electron chi connectivity index (χ3n) is 4.48. The molecule has 6 heteroatoms. The third-order valence-corrected chi connectivity index (χ3v) is 4.48. The molecule has 2 N–H and O–H groups in total. The number of pyridine rings is 1. The highest BCUT2D eigenvalue weighted by Crippen LogP contribution is 2.12. The Labute approximate surface area is 170 Å². The Morgan fingerprint density at radius 2 is 1.37 bits per heavy atom. The van der Waals surface area contributed by atoms with E-state index in [1.54, 1.807) is 79.1 Å². The topological polar surface area (TPSA) is 95.7 Å². The lowest BCUT2D eigenvalue weighted by Gasteiger charge is -2.02. The van der Waals surface area contributed by atoms with Gasteiger partial charge in [-0.15, -0.1) is 0 Å². The Kier molecular flexibility index (Phi) is 5.30. The number of aromatic amines is 2. The first-order valence-corrected chi connectivity index (χ1v) is 9.26. The molecule has 2 heterocycles. The molecular weight excluding hydrogens is 378 g/mol. The number of carbonyl (C=O) groups excluding carboxylic acids is 1. The molecule has 0 bridgehead atoms. The van der Waals surface area contributed by atoms with Crippen molar-refractivity contribution in [2.75, 3.05) is 0 Å². The van der Waals surface area contributed by atoms with E-state index in [-0.39, 0.29) is 16.5 Å². The number of rotatable bonds is 4. The van der Waals surface area contributed by atoms with Crippen LogP contribution >= 0.6 is 0 Å². The zero-order chi connectivity index (χ0) is 20.9. The van der Waals surface area contributed by atoms with Crippen molar-refractivity contribution in [3.63, 3.8) is 0 Å². The maximum absolute atomic E-state index is 12.6. The molecule has 2 aromatic carbocycles. The molecule has 0 unspecified atom stereocenters. The summed E-state index contributed by atoms with van der Waals surface area (Å²) in [5, 5.41) is 0.241. The lowest BCUT2D eigenvalue weighted by Crippen LogP contribution is -2.46. The zero-order valence-corrected chi connectivity index (χ0v) is 15.8. The second kappa shape index (κ2) is 8.36. The van der Waals surface area contributed by atoms with Crippen LogP contribution in [0.3, 0.4) is 0 Å². The van der Waals surface area contributed by atoms with Gasteiger partial charge in [0.15, 0.2) is 5.78 Å². The Morgan fingerprint density at radius 3 is 2.03 bits per heavy atom. The summed E-state index contributed by atoms with van der Waals surface area (Å²) >= 11 is 0. The number of nitrogens with zero attached hydrogens (tertiary/aromatic N) is 1. The SMILES string of the molecule is O=C(c1ccccc1)c1cccc(/C=c2\[nH]c(=O)/c(=C/c3cccnc3)[nH]c2=O)c1. The molecule has 0 saturated heterocycles. The van der Waals surface area contributed by atoms with Gasteiger partial charge in [0.25, 0.3) is 11.1 Å². The summed E-state index contributed by atoms with van der Waals surface area (Å²) in [6.45, 7) is 0. The fourth-order valence-corrected chi connectivity index (χ4v) is 3.02. The van der Waals surface area contributed by atoms with Crippen molar-refractivity contribution in [2.24, 2.45) is 0 Å². The van der Waals surface area contributed by atoms with Gasteiger partial charge in [0.2, 0.25) is 0 Å². The first-order chi connectivity index (χ1) is 14.6. The summed E-state index contributed by atoms with van der Waals surface area (Å²) in [7, 11) is 0. The summed E-state index contributed by atoms with van der Waals surface area (Å²) in [6.07, 6.45) is 6.30. The first-order valence-electron chi connectivity index (χ1n) is 9.26. The molecule has 0 aliphatic heterocycles. The molecule has 6 nitrogen and oxygen atoms in total. The molecule has 4 rings (SSSR count). The van der Waals surface area contributed by atoms with Crippen molar-refractivity contribution in [3.8, 4) is 0 Å². The second-order valence-corrected chi connectivity index (χ2v) is 6.63. The van der Waals surface area contributed by atoms with Crippen LogP contribution < -0.4 is 21.8 Å². The van der Waals surface area contributed by atoms with Crippen molar-refractivity contribution >= 4 is 17.9 Å². The van der Waals surface area contributed by atoms with Crippen LogP contribution in [0.5, 0.6) is 0 Å². The van der Waals surface area contributed by atoms with Crippen LogP contribution in [0.25, 0.3) is 12.2 Å². The number of benzene rings is 2. The van der Waals surface area contributed by atoms with Crippen LogP contribution in [0.15, 0.2) is 88.7 Å². The lowest BCUT2D eigenvalue weighted by atomic mass is 10.0. The predicted molar refractivity (Wildman–Crippen MR) is 115 cm³/mol. The number of hydrogen-bond donors (Lipinski definition) is 2. The molecule has 0 saturated carbocycles. The molecular formula is C24H17N3O3. The standard InChI is InChI=1S/C24H17N3O3/c28-22(18-8-2-1-3-9-18)19-10-4-6-16(12-19)13-20-23(29)27-21(24(30)26-20)14-17-7-5-11-25-15-17/h1-15H,(H,26,30)(H,27,29)/b20-13-,21-14-. The quantitative estimate of drug-likeness (QED) is 0.510. The average molecular weight is 395 g/mol. The van der Waals surface area contributed by atoms with Crippen molar-refractivity contribution in [1.82, 2.24) is 15.0 Å². The van der Waals surface area contributed by atoms with E-state index >= 15 is 0 Å². The third kappa shape index (κ3) is 4.23. The van der Waals surface area contributed by atoms with E-state index in [0.29, 0.717) is 22.3 Å². The molecule has 146 valence electrons. The molecule has 4 aromatic rings. The van der Waals surface area contributed by atoms with Gasteiger partial charge in [0, 0.05) is 23.5 Å². The normalized spacial score (nSPS) is 12.1. The minimum absolute atomic E-state index is 0.104. The second-order valence-electron chi connectivity index (χ2n) is 6.63. The van der Waals surface area contributed by atoms with Crippen molar-refractivity contribution in [3.05, 3.63) is 133 Å². The van der Waals surface area contributed by atoms with Gasteiger partial charge in [0.05, 0.1) is 0 Å². The van der Waals surface area contributed by atoms with E-state index in [2.05, 4.69) is 15.0 Å². The number of carbonyl (C=O) groups is 1. The Bertz CT molecular complexity index is 1440. The van der Waals surface area contributed by atoms with E-state index in [0.717, 1.165) is 0 Å². The summed E-state index contributed by atoms with van der Waals surface area (Å²) in [4.78, 5) is 46.7. The van der Waals surface area contributed by atoms with Gasteiger partial charge in [0.1, 0.15) is 10.7 Å². The van der Waals surface area contributed by atoms with E-state index < -0.39 is 11.1 Å². The molecule has 2 aromatic heterocycles. The largest absolute Gasteiger partial charge is 0.316 e. The first kappa shape index (κ1) is 19.0. The lowest BCUT2D eigenvalue weighted by molar-refractivity contribution is 0.103. The maximum Gasteiger partial charge on any atom is 0.272 e. The highest BCUT2D eigenvalue weighted by atomic mass is 16.1. The molecule has 0 aliphatic carbocycles.